The molecule has 1 aliphatic heterocycles. The molecule has 92 valence electrons. The minimum Gasteiger partial charge on any atom is -0.312 e. The lowest BCUT2D eigenvalue weighted by molar-refractivity contribution is 0.102. The molecule has 18 heavy (non-hydrogen) atoms. The topological polar surface area (TPSA) is 54.0 Å². The van der Waals surface area contributed by atoms with Crippen LogP contribution in [0.5, 0.6) is 0 Å². The van der Waals surface area contributed by atoms with E-state index in [-0.39, 0.29) is 5.91 Å². The molecule has 1 aromatic heterocycles. The van der Waals surface area contributed by atoms with Crippen molar-refractivity contribution in [3.8, 4) is 0 Å². The second-order valence-electron chi connectivity index (χ2n) is 4.20. The number of carbonyl (C=O) groups is 1. The highest BCUT2D eigenvalue weighted by molar-refractivity contribution is 7.13. The first-order valence-corrected chi connectivity index (χ1v) is 6.74. The molecule has 0 fully saturated rings. The highest BCUT2D eigenvalue weighted by atomic mass is 32.1. The Morgan fingerprint density at radius 2 is 2.33 bits per heavy atom. The van der Waals surface area contributed by atoms with Crippen LogP contribution in [-0.4, -0.2) is 17.4 Å². The maximum Gasteiger partial charge on any atom is 0.257 e. The van der Waals surface area contributed by atoms with Crippen molar-refractivity contribution < 1.29 is 4.79 Å². The number of aromatic nitrogens is 1. The molecule has 0 saturated carbocycles. The fraction of sp³-hybridized carbons (Fsp3) is 0.231. The van der Waals surface area contributed by atoms with Gasteiger partial charge in [0.25, 0.3) is 5.91 Å². The number of fused-ring (bicyclic) bond motifs is 1. The highest BCUT2D eigenvalue weighted by Crippen LogP contribution is 2.17. The number of hydrogen-bond acceptors (Lipinski definition) is 4. The molecule has 0 bridgehead atoms. The van der Waals surface area contributed by atoms with Gasteiger partial charge in [0, 0.05) is 23.7 Å². The normalized spacial score (nSPS) is 14.0. The van der Waals surface area contributed by atoms with Crippen molar-refractivity contribution in [3.05, 3.63) is 46.5 Å². The Morgan fingerprint density at radius 3 is 3.17 bits per heavy atom. The molecule has 5 heteroatoms. The molecule has 0 atom stereocenters. The number of thiazole rings is 1. The molecule has 1 aliphatic rings. The van der Waals surface area contributed by atoms with E-state index >= 15 is 0 Å². The van der Waals surface area contributed by atoms with Gasteiger partial charge in [-0.2, -0.15) is 0 Å². The average molecular weight is 259 g/mol. The number of benzene rings is 1. The zero-order chi connectivity index (χ0) is 12.4. The zero-order valence-electron chi connectivity index (χ0n) is 9.77. The van der Waals surface area contributed by atoms with Crippen LogP contribution in [0.15, 0.2) is 29.8 Å². The first-order valence-electron chi connectivity index (χ1n) is 5.86. The SMILES string of the molecule is O=C(Nc1nccs1)c1ccc2c(c1)CCNC2. The second-order valence-corrected chi connectivity index (χ2v) is 5.10. The number of nitrogens with one attached hydrogen (secondary N) is 2. The van der Waals surface area contributed by atoms with Crippen LogP contribution in [0.4, 0.5) is 5.13 Å². The van der Waals surface area contributed by atoms with E-state index < -0.39 is 0 Å². The van der Waals surface area contributed by atoms with Crippen LogP contribution in [0, 0.1) is 0 Å². The van der Waals surface area contributed by atoms with Gasteiger partial charge in [-0.3, -0.25) is 10.1 Å². The smallest absolute Gasteiger partial charge is 0.257 e. The van der Waals surface area contributed by atoms with E-state index in [0.717, 1.165) is 19.5 Å². The monoisotopic (exact) mass is 259 g/mol. The first-order chi connectivity index (χ1) is 8.83. The number of anilines is 1. The van der Waals surface area contributed by atoms with Gasteiger partial charge in [-0.1, -0.05) is 6.07 Å². The molecule has 0 saturated heterocycles. The number of rotatable bonds is 2. The van der Waals surface area contributed by atoms with Gasteiger partial charge in [-0.05, 0) is 36.2 Å². The van der Waals surface area contributed by atoms with E-state index in [1.807, 2.05) is 23.6 Å². The summed E-state index contributed by atoms with van der Waals surface area (Å²) in [5.41, 5.74) is 3.25. The molecule has 0 radical (unpaired) electrons. The third-order valence-electron chi connectivity index (χ3n) is 3.01. The molecule has 2 heterocycles. The van der Waals surface area contributed by atoms with Gasteiger partial charge in [0.2, 0.25) is 0 Å². The summed E-state index contributed by atoms with van der Waals surface area (Å²) in [6.07, 6.45) is 2.66. The Balaban J connectivity index is 1.81. The van der Waals surface area contributed by atoms with Gasteiger partial charge < -0.3 is 5.32 Å². The van der Waals surface area contributed by atoms with E-state index in [9.17, 15) is 4.79 Å². The van der Waals surface area contributed by atoms with E-state index in [1.54, 1.807) is 6.20 Å². The summed E-state index contributed by atoms with van der Waals surface area (Å²) in [6.45, 7) is 1.87. The van der Waals surface area contributed by atoms with Crippen LogP contribution in [0.1, 0.15) is 21.5 Å². The molecular formula is C13H13N3OS. The average Bonchev–Trinajstić information content (AvgIpc) is 2.91. The Kier molecular flexibility index (Phi) is 3.08. The third-order valence-corrected chi connectivity index (χ3v) is 3.70. The van der Waals surface area contributed by atoms with Crippen molar-refractivity contribution in [3.63, 3.8) is 0 Å². The number of carbonyl (C=O) groups excluding carboxylic acids is 1. The van der Waals surface area contributed by atoms with Gasteiger partial charge in [-0.25, -0.2) is 4.98 Å². The molecule has 1 amide bonds. The fourth-order valence-corrected chi connectivity index (χ4v) is 2.60. The van der Waals surface area contributed by atoms with Crippen molar-refractivity contribution in [2.24, 2.45) is 0 Å². The summed E-state index contributed by atoms with van der Waals surface area (Å²) < 4.78 is 0. The Bertz CT molecular complexity index is 566. The highest BCUT2D eigenvalue weighted by Gasteiger charge is 2.13. The Labute approximate surface area is 109 Å². The van der Waals surface area contributed by atoms with Crippen LogP contribution in [0.3, 0.4) is 0 Å². The third kappa shape index (κ3) is 2.27. The summed E-state index contributed by atoms with van der Waals surface area (Å²) in [4.78, 5) is 16.1. The Morgan fingerprint density at radius 1 is 1.39 bits per heavy atom. The van der Waals surface area contributed by atoms with Crippen LogP contribution < -0.4 is 10.6 Å². The van der Waals surface area contributed by atoms with Gasteiger partial charge >= 0.3 is 0 Å². The van der Waals surface area contributed by atoms with Crippen molar-refractivity contribution in [1.82, 2.24) is 10.3 Å². The Hall–Kier alpha value is -1.72. The molecule has 2 aromatic rings. The van der Waals surface area contributed by atoms with Crippen LogP contribution in [0.25, 0.3) is 0 Å². The van der Waals surface area contributed by atoms with E-state index in [1.165, 1.54) is 22.5 Å². The standard InChI is InChI=1S/C13H13N3OS/c17-12(16-13-15-5-6-18-13)10-1-2-11-8-14-4-3-9(11)7-10/h1-2,5-7,14H,3-4,8H2,(H,15,16,17). The van der Waals surface area contributed by atoms with Crippen LogP contribution in [0.2, 0.25) is 0 Å². The fourth-order valence-electron chi connectivity index (χ4n) is 2.07. The van der Waals surface area contributed by atoms with Crippen molar-refractivity contribution >= 4 is 22.4 Å². The molecule has 3 rings (SSSR count). The lowest BCUT2D eigenvalue weighted by Gasteiger charge is -2.17. The molecule has 0 unspecified atom stereocenters. The summed E-state index contributed by atoms with van der Waals surface area (Å²) in [5.74, 6) is -0.0914. The van der Waals surface area contributed by atoms with Crippen molar-refractivity contribution in [1.29, 1.82) is 0 Å². The summed E-state index contributed by atoms with van der Waals surface area (Å²) in [5, 5.41) is 8.59. The lowest BCUT2D eigenvalue weighted by Crippen LogP contribution is -2.24. The predicted octanol–water partition coefficient (Wildman–Crippen LogP) is 2.04. The first kappa shape index (κ1) is 11.4. The van der Waals surface area contributed by atoms with Gasteiger partial charge in [0.15, 0.2) is 5.13 Å². The summed E-state index contributed by atoms with van der Waals surface area (Å²) in [6, 6.07) is 5.88. The van der Waals surface area contributed by atoms with Gasteiger partial charge in [0.1, 0.15) is 0 Å². The van der Waals surface area contributed by atoms with E-state index in [4.69, 9.17) is 0 Å². The quantitative estimate of drug-likeness (QED) is 0.867. The van der Waals surface area contributed by atoms with E-state index in [2.05, 4.69) is 15.6 Å². The minimum absolute atomic E-state index is 0.0914. The predicted molar refractivity (Wildman–Crippen MR) is 71.9 cm³/mol. The molecule has 2 N–H and O–H groups in total. The van der Waals surface area contributed by atoms with Crippen molar-refractivity contribution in [2.45, 2.75) is 13.0 Å². The lowest BCUT2D eigenvalue weighted by atomic mass is 9.98. The number of amides is 1. The van der Waals surface area contributed by atoms with Crippen LogP contribution in [-0.2, 0) is 13.0 Å². The van der Waals surface area contributed by atoms with Crippen molar-refractivity contribution in [2.75, 3.05) is 11.9 Å². The van der Waals surface area contributed by atoms with E-state index in [0.29, 0.717) is 10.7 Å². The number of hydrogen-bond donors (Lipinski definition) is 2. The summed E-state index contributed by atoms with van der Waals surface area (Å²) in [7, 11) is 0. The second kappa shape index (κ2) is 4.88. The number of nitrogens with zero attached hydrogens (tertiary/aromatic N) is 1. The maximum absolute atomic E-state index is 12.0. The van der Waals surface area contributed by atoms with Crippen LogP contribution >= 0.6 is 11.3 Å². The van der Waals surface area contributed by atoms with Gasteiger partial charge in [0.05, 0.1) is 0 Å². The molecular weight excluding hydrogens is 246 g/mol. The minimum atomic E-state index is -0.0914. The van der Waals surface area contributed by atoms with Gasteiger partial charge in [-0.15, -0.1) is 11.3 Å². The molecule has 0 aliphatic carbocycles. The maximum atomic E-state index is 12.0. The molecule has 1 aromatic carbocycles. The molecule has 4 nitrogen and oxygen atoms in total. The molecule has 0 spiro atoms. The summed E-state index contributed by atoms with van der Waals surface area (Å²) >= 11 is 1.42. The largest absolute Gasteiger partial charge is 0.312 e. The zero-order valence-corrected chi connectivity index (χ0v) is 10.6.